The second-order valence-electron chi connectivity index (χ2n) is 3.00. The number of aliphatic imine (C=N–C) groups is 1. The Morgan fingerprint density at radius 3 is 1.70 bits per heavy atom. The van der Waals surface area contributed by atoms with E-state index >= 15 is 0 Å². The number of rotatable bonds is 7. The first-order valence-electron chi connectivity index (χ1n) is 4.85. The van der Waals surface area contributed by atoms with Gasteiger partial charge >= 0.3 is 12.2 Å². The molecule has 0 rings (SSSR count). The number of carbonyl (C=O) groups excluding carboxylic acids is 5. The number of isocyanates is 1. The summed E-state index contributed by atoms with van der Waals surface area (Å²) in [5.41, 5.74) is 9.43. The van der Waals surface area contributed by atoms with Crippen LogP contribution in [0.4, 0.5) is 9.59 Å². The predicted molar refractivity (Wildman–Crippen MR) is 59.3 cm³/mol. The summed E-state index contributed by atoms with van der Waals surface area (Å²) >= 11 is 0. The van der Waals surface area contributed by atoms with Crippen molar-refractivity contribution in [1.82, 2.24) is 10.6 Å². The molecule has 0 spiro atoms. The van der Waals surface area contributed by atoms with Gasteiger partial charge in [-0.05, 0) is 0 Å². The van der Waals surface area contributed by atoms with Crippen LogP contribution >= 0.6 is 0 Å². The van der Waals surface area contributed by atoms with Gasteiger partial charge in [-0.2, -0.15) is 4.99 Å². The van der Waals surface area contributed by atoms with Crippen molar-refractivity contribution in [3.05, 3.63) is 0 Å². The summed E-state index contributed by atoms with van der Waals surface area (Å²) in [6.45, 7) is -1.43. The van der Waals surface area contributed by atoms with Crippen LogP contribution < -0.4 is 22.1 Å². The summed E-state index contributed by atoms with van der Waals surface area (Å²) in [4.78, 5) is 55.9. The van der Waals surface area contributed by atoms with Gasteiger partial charge in [-0.1, -0.05) is 0 Å². The molecule has 0 fully saturated rings. The minimum absolute atomic E-state index is 0.713. The van der Waals surface area contributed by atoms with Crippen LogP contribution in [0, 0.1) is 0 Å². The predicted octanol–water partition coefficient (Wildman–Crippen LogP) is -2.97. The lowest BCUT2D eigenvalue weighted by atomic mass is 10.7. The minimum atomic E-state index is -1.58. The number of hydrogen-bond donors (Lipinski definition) is 4. The van der Waals surface area contributed by atoms with Gasteiger partial charge in [-0.25, -0.2) is 14.4 Å². The number of ether oxygens (including phenoxy) is 2. The van der Waals surface area contributed by atoms with E-state index in [1.165, 1.54) is 0 Å². The van der Waals surface area contributed by atoms with E-state index in [2.05, 4.69) is 14.5 Å². The Labute approximate surface area is 111 Å². The average Bonchev–Trinajstić information content (AvgIpc) is 2.34. The molecule has 0 bridgehead atoms. The molecule has 110 valence electrons. The molecular formula is C8H11N5O7. The van der Waals surface area contributed by atoms with E-state index in [1.54, 1.807) is 0 Å². The van der Waals surface area contributed by atoms with Crippen LogP contribution in [0.25, 0.3) is 0 Å². The molecule has 0 saturated heterocycles. The summed E-state index contributed by atoms with van der Waals surface area (Å²) in [5, 5.41) is 3.73. The van der Waals surface area contributed by atoms with Gasteiger partial charge in [0.25, 0.3) is 11.8 Å². The van der Waals surface area contributed by atoms with Crippen LogP contribution in [-0.4, -0.2) is 49.6 Å². The summed E-state index contributed by atoms with van der Waals surface area (Å²) in [6.07, 6.45) is -2.90. The van der Waals surface area contributed by atoms with Gasteiger partial charge in [0.05, 0.1) is 0 Å². The monoisotopic (exact) mass is 289 g/mol. The van der Waals surface area contributed by atoms with Gasteiger partial charge in [-0.15, -0.1) is 0 Å². The molecule has 0 saturated carbocycles. The summed E-state index contributed by atoms with van der Waals surface area (Å²) in [5.74, 6) is -1.83. The maximum atomic E-state index is 11.1. The van der Waals surface area contributed by atoms with Crippen LogP contribution in [0.3, 0.4) is 0 Å². The zero-order chi connectivity index (χ0) is 15.5. The third-order valence-corrected chi connectivity index (χ3v) is 1.38. The number of amides is 4. The van der Waals surface area contributed by atoms with Crippen molar-refractivity contribution in [2.45, 2.75) is 6.29 Å². The largest absolute Gasteiger partial charge is 0.439 e. The summed E-state index contributed by atoms with van der Waals surface area (Å²) in [7, 11) is 0. The van der Waals surface area contributed by atoms with E-state index in [1.807, 2.05) is 10.6 Å². The lowest BCUT2D eigenvalue weighted by Crippen LogP contribution is -2.47. The van der Waals surface area contributed by atoms with Gasteiger partial charge in [0.2, 0.25) is 12.4 Å². The Hall–Kier alpha value is -3.14. The first-order valence-corrected chi connectivity index (χ1v) is 4.85. The number of carbonyl (C=O) groups is 4. The van der Waals surface area contributed by atoms with Crippen molar-refractivity contribution in [1.29, 1.82) is 0 Å². The number of primary amides is 2. The van der Waals surface area contributed by atoms with Gasteiger partial charge in [0, 0.05) is 0 Å². The lowest BCUT2D eigenvalue weighted by Gasteiger charge is -2.13. The lowest BCUT2D eigenvalue weighted by molar-refractivity contribution is -0.121. The Balaban J connectivity index is 4.31. The summed E-state index contributed by atoms with van der Waals surface area (Å²) < 4.78 is 8.56. The molecule has 0 aromatic rings. The third kappa shape index (κ3) is 8.95. The van der Waals surface area contributed by atoms with Crippen molar-refractivity contribution < 1.29 is 33.4 Å². The highest BCUT2D eigenvalue weighted by Crippen LogP contribution is 1.86. The maximum absolute atomic E-state index is 11.1. The molecule has 0 heterocycles. The number of nitrogens with two attached hydrogens (primary N) is 2. The molecule has 0 aliphatic rings. The Bertz CT molecular complexity index is 412. The zero-order valence-corrected chi connectivity index (χ0v) is 9.95. The molecule has 4 amide bonds. The number of nitrogens with zero attached hydrogens (tertiary/aromatic N) is 1. The third-order valence-electron chi connectivity index (χ3n) is 1.38. The second kappa shape index (κ2) is 8.88. The quantitative estimate of drug-likeness (QED) is 0.218. The molecule has 0 aromatic heterocycles. The number of nitrogens with one attached hydrogen (secondary N) is 2. The standard InChI is InChI=1S/C8H11N5O7/c9-4(15)1-19-7(17)12-6(11-3-14)13-8(18)20-2-5(10)16/h6H,1-2H2,(H2,9,15)(H2,10,16)(H,12,17)(H,13,18). The maximum Gasteiger partial charge on any atom is 0.410 e. The zero-order valence-electron chi connectivity index (χ0n) is 9.95. The molecule has 0 atom stereocenters. The minimum Gasteiger partial charge on any atom is -0.439 e. The number of hydrogen-bond acceptors (Lipinski definition) is 8. The van der Waals surface area contributed by atoms with Crippen molar-refractivity contribution >= 4 is 30.1 Å². The Morgan fingerprint density at radius 2 is 1.40 bits per heavy atom. The van der Waals surface area contributed by atoms with Crippen LogP contribution in [0.5, 0.6) is 0 Å². The van der Waals surface area contributed by atoms with Crippen molar-refractivity contribution in [3.63, 3.8) is 0 Å². The van der Waals surface area contributed by atoms with E-state index in [0.29, 0.717) is 0 Å². The van der Waals surface area contributed by atoms with Crippen LogP contribution in [0.15, 0.2) is 4.99 Å². The van der Waals surface area contributed by atoms with Gasteiger partial charge < -0.3 is 20.9 Å². The van der Waals surface area contributed by atoms with E-state index in [0.717, 1.165) is 6.08 Å². The molecule has 0 unspecified atom stereocenters. The molecule has 0 aliphatic heterocycles. The highest BCUT2D eigenvalue weighted by molar-refractivity contribution is 5.79. The van der Waals surface area contributed by atoms with E-state index < -0.39 is 43.5 Å². The molecule has 20 heavy (non-hydrogen) atoms. The van der Waals surface area contributed by atoms with Gasteiger partial charge in [0.15, 0.2) is 13.2 Å². The molecule has 0 aliphatic carbocycles. The van der Waals surface area contributed by atoms with Crippen LogP contribution in [-0.2, 0) is 23.9 Å². The molecule has 6 N–H and O–H groups in total. The first-order chi connectivity index (χ1) is 9.35. The smallest absolute Gasteiger partial charge is 0.410 e. The SMILES string of the molecule is NC(=O)COC(=O)NC(N=C=O)NC(=O)OCC(N)=O. The first kappa shape index (κ1) is 16.9. The van der Waals surface area contributed by atoms with E-state index in [9.17, 15) is 24.0 Å². The topological polar surface area (TPSA) is 192 Å². The van der Waals surface area contributed by atoms with Crippen LogP contribution in [0.1, 0.15) is 0 Å². The number of alkyl carbamates (subject to hydrolysis) is 2. The Morgan fingerprint density at radius 1 is 1.00 bits per heavy atom. The van der Waals surface area contributed by atoms with Gasteiger partial charge in [-0.3, -0.25) is 20.2 Å². The molecule has 0 aromatic carbocycles. The fourth-order valence-corrected chi connectivity index (χ4v) is 0.733. The van der Waals surface area contributed by atoms with E-state index in [4.69, 9.17) is 11.5 Å². The molecule has 12 nitrogen and oxygen atoms in total. The highest BCUT2D eigenvalue weighted by Gasteiger charge is 2.16. The highest BCUT2D eigenvalue weighted by atomic mass is 16.6. The normalized spacial score (nSPS) is 9.05. The van der Waals surface area contributed by atoms with E-state index in [-0.39, 0.29) is 0 Å². The fourth-order valence-electron chi connectivity index (χ4n) is 0.733. The molecule has 0 radical (unpaired) electrons. The molecule has 12 heteroatoms. The average molecular weight is 289 g/mol. The van der Waals surface area contributed by atoms with Gasteiger partial charge in [0.1, 0.15) is 0 Å². The Kier molecular flexibility index (Phi) is 7.49. The van der Waals surface area contributed by atoms with Crippen molar-refractivity contribution in [2.75, 3.05) is 13.2 Å². The fraction of sp³-hybridized carbons (Fsp3) is 0.375. The van der Waals surface area contributed by atoms with Crippen LogP contribution in [0.2, 0.25) is 0 Å². The van der Waals surface area contributed by atoms with Crippen molar-refractivity contribution in [3.8, 4) is 0 Å². The molecular weight excluding hydrogens is 278 g/mol. The second-order valence-corrected chi connectivity index (χ2v) is 3.00. The van der Waals surface area contributed by atoms with Crippen molar-refractivity contribution in [2.24, 2.45) is 16.5 Å². The summed E-state index contributed by atoms with van der Waals surface area (Å²) in [6, 6.07) is 0.